The van der Waals surface area contributed by atoms with Crippen LogP contribution in [-0.2, 0) is 20.4 Å². The van der Waals surface area contributed by atoms with E-state index in [2.05, 4.69) is 5.32 Å². The van der Waals surface area contributed by atoms with Gasteiger partial charge in [0, 0.05) is 18.2 Å². The number of carbonyl (C=O) groups is 1. The molecule has 2 rings (SSSR count). The summed E-state index contributed by atoms with van der Waals surface area (Å²) in [6, 6.07) is 7.07. The molecule has 0 bridgehead atoms. The van der Waals surface area contributed by atoms with Crippen LogP contribution in [0.2, 0.25) is 0 Å². The normalized spacial score (nSPS) is 16.9. The number of halogens is 1. The molecule has 136 valence electrons. The van der Waals surface area contributed by atoms with E-state index in [9.17, 15) is 13.2 Å². The summed E-state index contributed by atoms with van der Waals surface area (Å²) in [7, 11) is -3.14. The molecule has 3 N–H and O–H groups in total. The molecule has 1 fully saturated rings. The predicted octanol–water partition coefficient (Wildman–Crippen LogP) is 2.89. The fourth-order valence-electron chi connectivity index (χ4n) is 2.89. The zero-order valence-electron chi connectivity index (χ0n) is 14.0. The van der Waals surface area contributed by atoms with Gasteiger partial charge in [-0.3, -0.25) is 4.79 Å². The number of rotatable bonds is 6. The predicted molar refractivity (Wildman–Crippen MR) is 100 cm³/mol. The van der Waals surface area contributed by atoms with E-state index in [0.717, 1.165) is 32.1 Å². The van der Waals surface area contributed by atoms with Crippen LogP contribution in [0.15, 0.2) is 24.3 Å². The van der Waals surface area contributed by atoms with Crippen LogP contribution in [0.3, 0.4) is 0 Å². The molecular formula is C17H27ClN2O3S. The second-order valence-corrected chi connectivity index (χ2v) is 8.67. The number of anilines is 1. The zero-order chi connectivity index (χ0) is 16.9. The van der Waals surface area contributed by atoms with Crippen LogP contribution in [0, 0.1) is 5.92 Å². The highest BCUT2D eigenvalue weighted by molar-refractivity contribution is 7.91. The Morgan fingerprint density at radius 2 is 1.96 bits per heavy atom. The first-order valence-corrected chi connectivity index (χ1v) is 9.95. The van der Waals surface area contributed by atoms with Crippen molar-refractivity contribution in [2.24, 2.45) is 11.7 Å². The number of hydrogen-bond acceptors (Lipinski definition) is 4. The van der Waals surface area contributed by atoms with Crippen molar-refractivity contribution in [2.45, 2.75) is 50.0 Å². The summed E-state index contributed by atoms with van der Waals surface area (Å²) < 4.78 is 25.1. The maximum absolute atomic E-state index is 12.5. The van der Waals surface area contributed by atoms with E-state index in [1.54, 1.807) is 31.2 Å². The Hall–Kier alpha value is -1.11. The number of benzene rings is 1. The Labute approximate surface area is 150 Å². The molecule has 0 saturated heterocycles. The summed E-state index contributed by atoms with van der Waals surface area (Å²) in [5.74, 6) is -0.391. The molecule has 0 heterocycles. The van der Waals surface area contributed by atoms with Crippen LogP contribution in [0.5, 0.6) is 0 Å². The Kier molecular flexibility index (Phi) is 8.19. The Morgan fingerprint density at radius 1 is 1.29 bits per heavy atom. The standard InChI is InChI=1S/C17H26N2O3S.ClH/c1-13(11-18)17(20)19-15-7-5-6-14(10-15)12-23(21,22)16-8-3-2-4-9-16;/h5-7,10,13,16H,2-4,8-9,11-12,18H2,1H3,(H,19,20);1H. The molecule has 1 aliphatic rings. The average Bonchev–Trinajstić information content (AvgIpc) is 2.54. The van der Waals surface area contributed by atoms with Crippen LogP contribution in [0.25, 0.3) is 0 Å². The monoisotopic (exact) mass is 374 g/mol. The van der Waals surface area contributed by atoms with Crippen molar-refractivity contribution in [3.8, 4) is 0 Å². The molecule has 0 spiro atoms. The molecule has 1 atom stereocenters. The second kappa shape index (κ2) is 9.39. The lowest BCUT2D eigenvalue weighted by Crippen LogP contribution is -2.27. The summed E-state index contributed by atoms with van der Waals surface area (Å²) in [4.78, 5) is 11.9. The van der Waals surface area contributed by atoms with Gasteiger partial charge < -0.3 is 11.1 Å². The van der Waals surface area contributed by atoms with Gasteiger partial charge in [-0.1, -0.05) is 38.3 Å². The molecule has 1 aromatic carbocycles. The lowest BCUT2D eigenvalue weighted by molar-refractivity contribution is -0.119. The van der Waals surface area contributed by atoms with Crippen LogP contribution < -0.4 is 11.1 Å². The second-order valence-electron chi connectivity index (χ2n) is 6.39. The van der Waals surface area contributed by atoms with E-state index < -0.39 is 9.84 Å². The van der Waals surface area contributed by atoms with E-state index in [-0.39, 0.29) is 41.8 Å². The molecule has 1 aromatic rings. The van der Waals surface area contributed by atoms with Crippen molar-refractivity contribution < 1.29 is 13.2 Å². The Morgan fingerprint density at radius 3 is 2.58 bits per heavy atom. The summed E-state index contributed by atoms with van der Waals surface area (Å²) in [6.07, 6.45) is 4.67. The molecule has 1 unspecified atom stereocenters. The SMILES string of the molecule is CC(CN)C(=O)Nc1cccc(CS(=O)(=O)C2CCCCC2)c1.Cl. The first kappa shape index (κ1) is 20.9. The molecule has 0 aliphatic heterocycles. The third kappa shape index (κ3) is 5.76. The fraction of sp³-hybridized carbons (Fsp3) is 0.588. The van der Waals surface area contributed by atoms with Gasteiger partial charge >= 0.3 is 0 Å². The minimum Gasteiger partial charge on any atom is -0.330 e. The number of nitrogens with two attached hydrogens (primary N) is 1. The van der Waals surface area contributed by atoms with E-state index in [1.165, 1.54) is 0 Å². The van der Waals surface area contributed by atoms with E-state index >= 15 is 0 Å². The van der Waals surface area contributed by atoms with Crippen molar-refractivity contribution in [1.29, 1.82) is 0 Å². The smallest absolute Gasteiger partial charge is 0.228 e. The van der Waals surface area contributed by atoms with E-state index in [4.69, 9.17) is 5.73 Å². The summed E-state index contributed by atoms with van der Waals surface area (Å²) in [6.45, 7) is 2.04. The largest absolute Gasteiger partial charge is 0.330 e. The number of amides is 1. The topological polar surface area (TPSA) is 89.3 Å². The number of sulfone groups is 1. The van der Waals surface area contributed by atoms with Gasteiger partial charge in [0.25, 0.3) is 0 Å². The lowest BCUT2D eigenvalue weighted by Gasteiger charge is -2.21. The molecule has 0 radical (unpaired) electrons. The van der Waals surface area contributed by atoms with Crippen molar-refractivity contribution >= 4 is 33.8 Å². The van der Waals surface area contributed by atoms with Gasteiger partial charge in [-0.2, -0.15) is 0 Å². The Balaban J connectivity index is 0.00000288. The van der Waals surface area contributed by atoms with Crippen LogP contribution >= 0.6 is 12.4 Å². The molecule has 1 amide bonds. The van der Waals surface area contributed by atoms with E-state index in [0.29, 0.717) is 11.3 Å². The number of nitrogens with one attached hydrogen (secondary N) is 1. The van der Waals surface area contributed by atoms with Crippen LogP contribution in [0.4, 0.5) is 5.69 Å². The van der Waals surface area contributed by atoms with Gasteiger partial charge in [0.05, 0.1) is 11.0 Å². The molecule has 24 heavy (non-hydrogen) atoms. The van der Waals surface area contributed by atoms with Crippen LogP contribution in [0.1, 0.15) is 44.6 Å². The maximum atomic E-state index is 12.5. The van der Waals surface area contributed by atoms with Gasteiger partial charge in [-0.25, -0.2) is 8.42 Å². The van der Waals surface area contributed by atoms with Crippen molar-refractivity contribution in [2.75, 3.05) is 11.9 Å². The highest BCUT2D eigenvalue weighted by Gasteiger charge is 2.27. The molecule has 1 saturated carbocycles. The molecule has 5 nitrogen and oxygen atoms in total. The summed E-state index contributed by atoms with van der Waals surface area (Å²) >= 11 is 0. The van der Waals surface area contributed by atoms with Gasteiger partial charge in [0.1, 0.15) is 0 Å². The first-order chi connectivity index (χ1) is 10.9. The van der Waals surface area contributed by atoms with Crippen LogP contribution in [-0.4, -0.2) is 26.1 Å². The van der Waals surface area contributed by atoms with Gasteiger partial charge in [0.15, 0.2) is 9.84 Å². The summed E-state index contributed by atoms with van der Waals surface area (Å²) in [5.41, 5.74) is 6.82. The third-order valence-electron chi connectivity index (χ3n) is 4.42. The first-order valence-electron chi connectivity index (χ1n) is 8.24. The van der Waals surface area contributed by atoms with Crippen molar-refractivity contribution in [1.82, 2.24) is 0 Å². The zero-order valence-corrected chi connectivity index (χ0v) is 15.7. The third-order valence-corrected chi connectivity index (χ3v) is 6.65. The molecule has 7 heteroatoms. The van der Waals surface area contributed by atoms with Crippen molar-refractivity contribution in [3.63, 3.8) is 0 Å². The van der Waals surface area contributed by atoms with Crippen molar-refractivity contribution in [3.05, 3.63) is 29.8 Å². The highest BCUT2D eigenvalue weighted by atomic mass is 35.5. The lowest BCUT2D eigenvalue weighted by atomic mass is 10.0. The fourth-order valence-corrected chi connectivity index (χ4v) is 4.82. The summed E-state index contributed by atoms with van der Waals surface area (Å²) in [5, 5.41) is 2.57. The van der Waals surface area contributed by atoms with E-state index in [1.807, 2.05) is 0 Å². The van der Waals surface area contributed by atoms with Gasteiger partial charge in [-0.05, 0) is 30.5 Å². The van der Waals surface area contributed by atoms with Gasteiger partial charge in [-0.15, -0.1) is 12.4 Å². The number of hydrogen-bond donors (Lipinski definition) is 2. The molecular weight excluding hydrogens is 348 g/mol. The van der Waals surface area contributed by atoms with Gasteiger partial charge in [0.2, 0.25) is 5.91 Å². The maximum Gasteiger partial charge on any atom is 0.228 e. The quantitative estimate of drug-likeness (QED) is 0.801. The molecule has 0 aromatic heterocycles. The highest BCUT2D eigenvalue weighted by Crippen LogP contribution is 2.26. The minimum atomic E-state index is -3.14. The minimum absolute atomic E-state index is 0. The molecule has 1 aliphatic carbocycles. The number of carbonyl (C=O) groups excluding carboxylic acids is 1. The average molecular weight is 375 g/mol. The Bertz CT molecular complexity index is 643.